The van der Waals surface area contributed by atoms with Gasteiger partial charge in [-0.3, -0.25) is 9.59 Å². The Kier molecular flexibility index (Phi) is 6.39. The summed E-state index contributed by atoms with van der Waals surface area (Å²) in [4.78, 5) is 34.7. The largest absolute Gasteiger partial charge is 0.467 e. The summed E-state index contributed by atoms with van der Waals surface area (Å²) in [6.45, 7) is 2.87. The third-order valence-electron chi connectivity index (χ3n) is 2.90. The molecule has 2 atom stereocenters. The maximum absolute atomic E-state index is 12.0. The number of ether oxygens (including phenoxy) is 1. The van der Waals surface area contributed by atoms with Gasteiger partial charge in [-0.25, -0.2) is 4.79 Å². The number of benzene rings is 1. The molecule has 0 unspecified atom stereocenters. The van der Waals surface area contributed by atoms with Gasteiger partial charge in [-0.15, -0.1) is 0 Å². The molecule has 0 saturated carbocycles. The van der Waals surface area contributed by atoms with Crippen LogP contribution in [-0.2, 0) is 25.5 Å². The number of carbonyl (C=O) groups excluding carboxylic acids is 3. The lowest BCUT2D eigenvalue weighted by Crippen LogP contribution is -2.51. The molecule has 114 valence electrons. The number of hydrogen-bond donors (Lipinski definition) is 2. The van der Waals surface area contributed by atoms with Crippen molar-refractivity contribution in [2.24, 2.45) is 0 Å². The van der Waals surface area contributed by atoms with Crippen molar-refractivity contribution in [1.29, 1.82) is 0 Å². The molecule has 1 aromatic carbocycles. The minimum atomic E-state index is -0.791. The first kappa shape index (κ1) is 16.7. The lowest BCUT2D eigenvalue weighted by molar-refractivity contribution is -0.145. The summed E-state index contributed by atoms with van der Waals surface area (Å²) >= 11 is 0. The zero-order valence-corrected chi connectivity index (χ0v) is 12.4. The standard InChI is InChI=1S/C15H20N2O4/c1-10(16-11(2)18)14(19)17-13(15(20)21-3)9-12-7-5-4-6-8-12/h4-8,10,13H,9H2,1-3H3,(H,16,18)(H,17,19)/t10-,13-/m0/s1. The highest BCUT2D eigenvalue weighted by Gasteiger charge is 2.24. The van der Waals surface area contributed by atoms with Crippen LogP contribution < -0.4 is 10.6 Å². The fourth-order valence-corrected chi connectivity index (χ4v) is 1.85. The predicted molar refractivity (Wildman–Crippen MR) is 77.4 cm³/mol. The predicted octanol–water partition coefficient (Wildman–Crippen LogP) is 0.411. The van der Waals surface area contributed by atoms with Gasteiger partial charge in [0.15, 0.2) is 0 Å². The molecule has 0 radical (unpaired) electrons. The maximum atomic E-state index is 12.0. The van der Waals surface area contributed by atoms with Crippen LogP contribution in [0.1, 0.15) is 19.4 Å². The summed E-state index contributed by atoms with van der Waals surface area (Å²) in [5.74, 6) is -1.27. The summed E-state index contributed by atoms with van der Waals surface area (Å²) in [6, 6.07) is 7.79. The molecular formula is C15H20N2O4. The zero-order valence-electron chi connectivity index (χ0n) is 12.4. The first-order chi connectivity index (χ1) is 9.93. The highest BCUT2D eigenvalue weighted by molar-refractivity contribution is 5.90. The Morgan fingerprint density at radius 3 is 2.29 bits per heavy atom. The van der Waals surface area contributed by atoms with Crippen LogP contribution in [-0.4, -0.2) is 37.0 Å². The number of methoxy groups -OCH3 is 1. The summed E-state index contributed by atoms with van der Waals surface area (Å²) in [6.07, 6.45) is 0.325. The van der Waals surface area contributed by atoms with E-state index in [0.29, 0.717) is 6.42 Å². The molecular weight excluding hydrogens is 272 g/mol. The van der Waals surface area contributed by atoms with E-state index >= 15 is 0 Å². The topological polar surface area (TPSA) is 84.5 Å². The molecule has 2 N–H and O–H groups in total. The van der Waals surface area contributed by atoms with E-state index in [1.54, 1.807) is 6.92 Å². The second-order valence-electron chi connectivity index (χ2n) is 4.70. The van der Waals surface area contributed by atoms with E-state index in [0.717, 1.165) is 5.56 Å². The van der Waals surface area contributed by atoms with E-state index in [1.807, 2.05) is 30.3 Å². The van der Waals surface area contributed by atoms with Gasteiger partial charge in [0.25, 0.3) is 0 Å². The van der Waals surface area contributed by atoms with Crippen molar-refractivity contribution in [3.8, 4) is 0 Å². The summed E-state index contributed by atoms with van der Waals surface area (Å²) in [7, 11) is 1.27. The molecule has 0 bridgehead atoms. The van der Waals surface area contributed by atoms with E-state index in [2.05, 4.69) is 10.6 Å². The third kappa shape index (κ3) is 5.64. The summed E-state index contributed by atoms with van der Waals surface area (Å²) < 4.78 is 4.71. The number of carbonyl (C=O) groups is 3. The van der Waals surface area contributed by atoms with E-state index < -0.39 is 24.0 Å². The van der Waals surface area contributed by atoms with Crippen LogP contribution in [0.3, 0.4) is 0 Å². The van der Waals surface area contributed by atoms with Crippen LogP contribution in [0.5, 0.6) is 0 Å². The molecule has 0 spiro atoms. The SMILES string of the molecule is COC(=O)[C@H](Cc1ccccc1)NC(=O)[C@H](C)NC(C)=O. The van der Waals surface area contributed by atoms with Gasteiger partial charge in [-0.1, -0.05) is 30.3 Å². The quantitative estimate of drug-likeness (QED) is 0.744. The molecule has 0 aliphatic heterocycles. The normalized spacial score (nSPS) is 12.9. The Morgan fingerprint density at radius 1 is 1.14 bits per heavy atom. The lowest BCUT2D eigenvalue weighted by Gasteiger charge is -2.19. The van der Waals surface area contributed by atoms with Crippen LogP contribution in [0.15, 0.2) is 30.3 Å². The fourth-order valence-electron chi connectivity index (χ4n) is 1.85. The molecule has 0 saturated heterocycles. The van der Waals surface area contributed by atoms with Crippen molar-refractivity contribution >= 4 is 17.8 Å². The number of rotatable bonds is 6. The number of nitrogens with one attached hydrogen (secondary N) is 2. The van der Waals surface area contributed by atoms with Gasteiger partial charge < -0.3 is 15.4 Å². The Bertz CT molecular complexity index is 502. The van der Waals surface area contributed by atoms with Gasteiger partial charge in [0.05, 0.1) is 7.11 Å². The van der Waals surface area contributed by atoms with Gasteiger partial charge in [-0.05, 0) is 12.5 Å². The van der Waals surface area contributed by atoms with Crippen molar-refractivity contribution in [2.75, 3.05) is 7.11 Å². The fraction of sp³-hybridized carbons (Fsp3) is 0.400. The monoisotopic (exact) mass is 292 g/mol. The number of amides is 2. The van der Waals surface area contributed by atoms with Crippen molar-refractivity contribution in [3.63, 3.8) is 0 Å². The summed E-state index contributed by atoms with van der Waals surface area (Å²) in [5, 5.41) is 5.06. The van der Waals surface area contributed by atoms with E-state index in [9.17, 15) is 14.4 Å². The molecule has 1 rings (SSSR count). The molecule has 0 aliphatic carbocycles. The van der Waals surface area contributed by atoms with Crippen LogP contribution in [0.2, 0.25) is 0 Å². The van der Waals surface area contributed by atoms with Crippen molar-refractivity contribution in [3.05, 3.63) is 35.9 Å². The average molecular weight is 292 g/mol. The Balaban J connectivity index is 2.72. The molecule has 1 aromatic rings. The Labute approximate surface area is 123 Å². The van der Waals surface area contributed by atoms with Crippen LogP contribution in [0, 0.1) is 0 Å². The van der Waals surface area contributed by atoms with Crippen molar-refractivity contribution < 1.29 is 19.1 Å². The van der Waals surface area contributed by atoms with Crippen LogP contribution in [0.25, 0.3) is 0 Å². The average Bonchev–Trinajstić information content (AvgIpc) is 2.46. The summed E-state index contributed by atoms with van der Waals surface area (Å²) in [5.41, 5.74) is 0.903. The van der Waals surface area contributed by atoms with Crippen LogP contribution in [0.4, 0.5) is 0 Å². The Morgan fingerprint density at radius 2 is 1.76 bits per heavy atom. The smallest absolute Gasteiger partial charge is 0.328 e. The minimum absolute atomic E-state index is 0.310. The van der Waals surface area contributed by atoms with Gasteiger partial charge >= 0.3 is 5.97 Å². The number of esters is 1. The highest BCUT2D eigenvalue weighted by Crippen LogP contribution is 2.05. The highest BCUT2D eigenvalue weighted by atomic mass is 16.5. The molecule has 0 aliphatic rings. The molecule has 6 nitrogen and oxygen atoms in total. The van der Waals surface area contributed by atoms with E-state index in [-0.39, 0.29) is 5.91 Å². The van der Waals surface area contributed by atoms with Gasteiger partial charge in [0.1, 0.15) is 12.1 Å². The molecule has 0 fully saturated rings. The maximum Gasteiger partial charge on any atom is 0.328 e. The molecule has 6 heteroatoms. The van der Waals surface area contributed by atoms with E-state index in [1.165, 1.54) is 14.0 Å². The molecule has 21 heavy (non-hydrogen) atoms. The second kappa shape index (κ2) is 8.04. The first-order valence-corrected chi connectivity index (χ1v) is 6.63. The minimum Gasteiger partial charge on any atom is -0.467 e. The van der Waals surface area contributed by atoms with E-state index in [4.69, 9.17) is 4.74 Å². The second-order valence-corrected chi connectivity index (χ2v) is 4.70. The van der Waals surface area contributed by atoms with Crippen molar-refractivity contribution in [1.82, 2.24) is 10.6 Å². The third-order valence-corrected chi connectivity index (χ3v) is 2.90. The number of hydrogen-bond acceptors (Lipinski definition) is 4. The van der Waals surface area contributed by atoms with Crippen molar-refractivity contribution in [2.45, 2.75) is 32.4 Å². The molecule has 2 amide bonds. The van der Waals surface area contributed by atoms with Gasteiger partial charge in [0, 0.05) is 13.3 Å². The van der Waals surface area contributed by atoms with Crippen LogP contribution >= 0.6 is 0 Å². The first-order valence-electron chi connectivity index (χ1n) is 6.63. The molecule has 0 heterocycles. The molecule has 0 aromatic heterocycles. The lowest BCUT2D eigenvalue weighted by atomic mass is 10.1. The van der Waals surface area contributed by atoms with Gasteiger partial charge in [0.2, 0.25) is 11.8 Å². The van der Waals surface area contributed by atoms with Gasteiger partial charge in [-0.2, -0.15) is 0 Å². The Hall–Kier alpha value is -2.37. The zero-order chi connectivity index (χ0) is 15.8.